The highest BCUT2D eigenvalue weighted by molar-refractivity contribution is 5.76. The number of aliphatic hydroxyl groups is 5. The quantitative estimate of drug-likeness (QED) is 0.0892. The number of hydrogen-bond acceptors (Lipinski definition) is 8. The van der Waals surface area contributed by atoms with Crippen molar-refractivity contribution >= 4 is 5.91 Å². The van der Waals surface area contributed by atoms with Crippen LogP contribution in [0.5, 0.6) is 0 Å². The molecule has 0 aliphatic carbocycles. The topological polar surface area (TPSA) is 149 Å². The fraction of sp³-hybridized carbons (Fsp3) is 0.968. The summed E-state index contributed by atoms with van der Waals surface area (Å²) in [6.07, 6.45) is 12.7. The number of carbonyl (C=O) groups is 1. The number of unbranched alkanes of at least 4 members (excludes halogenated alkanes) is 15. The molecule has 1 heterocycles. The molecule has 0 radical (unpaired) electrons. The van der Waals surface area contributed by atoms with Crippen molar-refractivity contribution in [3.05, 3.63) is 0 Å². The first-order valence-corrected chi connectivity index (χ1v) is 16.2. The number of carbonyl (C=O) groups excluding carboxylic acids is 1. The fourth-order valence-corrected chi connectivity index (χ4v) is 5.22. The Morgan fingerprint density at radius 1 is 0.750 bits per heavy atom. The summed E-state index contributed by atoms with van der Waals surface area (Å²) in [5.41, 5.74) is 0. The third kappa shape index (κ3) is 16.0. The molecular formula is C31H61NO8. The summed E-state index contributed by atoms with van der Waals surface area (Å²) in [6.45, 7) is 3.73. The summed E-state index contributed by atoms with van der Waals surface area (Å²) in [5.74, 6) is -0.153. The normalized spacial score (nSPS) is 24.6. The second kappa shape index (κ2) is 23.7. The molecule has 1 saturated heterocycles. The van der Waals surface area contributed by atoms with E-state index in [4.69, 9.17) is 9.47 Å². The lowest BCUT2D eigenvalue weighted by Gasteiger charge is -2.40. The molecule has 0 aromatic carbocycles. The predicted molar refractivity (Wildman–Crippen MR) is 157 cm³/mol. The molecular weight excluding hydrogens is 514 g/mol. The van der Waals surface area contributed by atoms with Crippen LogP contribution >= 0.6 is 0 Å². The van der Waals surface area contributed by atoms with Crippen molar-refractivity contribution < 1.29 is 39.8 Å². The van der Waals surface area contributed by atoms with Crippen molar-refractivity contribution in [3.63, 3.8) is 0 Å². The van der Waals surface area contributed by atoms with E-state index < -0.39 is 49.5 Å². The van der Waals surface area contributed by atoms with Crippen LogP contribution < -0.4 is 5.32 Å². The maximum Gasteiger partial charge on any atom is 0.220 e. The third-order valence-electron chi connectivity index (χ3n) is 7.96. The zero-order valence-corrected chi connectivity index (χ0v) is 25.4. The third-order valence-corrected chi connectivity index (χ3v) is 7.96. The Bertz CT molecular complexity index is 608. The minimum atomic E-state index is -1.54. The van der Waals surface area contributed by atoms with Crippen LogP contribution in [0.2, 0.25) is 0 Å². The number of aliphatic hydroxyl groups excluding tert-OH is 5. The summed E-state index contributed by atoms with van der Waals surface area (Å²) in [6, 6.07) is -0.706. The average molecular weight is 576 g/mol. The van der Waals surface area contributed by atoms with Gasteiger partial charge in [-0.05, 0) is 12.8 Å². The van der Waals surface area contributed by atoms with Gasteiger partial charge in [-0.2, -0.15) is 0 Å². The van der Waals surface area contributed by atoms with E-state index in [2.05, 4.69) is 19.2 Å². The van der Waals surface area contributed by atoms with E-state index >= 15 is 0 Å². The second-order valence-electron chi connectivity index (χ2n) is 11.6. The molecule has 1 rings (SSSR count). The van der Waals surface area contributed by atoms with Crippen LogP contribution in [0.1, 0.15) is 136 Å². The molecule has 1 aliphatic heterocycles. The van der Waals surface area contributed by atoms with E-state index in [0.29, 0.717) is 12.8 Å². The van der Waals surface area contributed by atoms with E-state index in [0.717, 1.165) is 38.5 Å². The first-order valence-electron chi connectivity index (χ1n) is 16.2. The molecule has 1 aliphatic rings. The van der Waals surface area contributed by atoms with Gasteiger partial charge in [0.05, 0.1) is 25.4 Å². The van der Waals surface area contributed by atoms with Gasteiger partial charge in [0.15, 0.2) is 6.29 Å². The molecule has 0 bridgehead atoms. The summed E-state index contributed by atoms with van der Waals surface area (Å²) in [5, 5.41) is 53.6. The van der Waals surface area contributed by atoms with Gasteiger partial charge in [-0.3, -0.25) is 4.79 Å². The molecule has 6 N–H and O–H groups in total. The van der Waals surface area contributed by atoms with E-state index in [1.54, 1.807) is 0 Å². The van der Waals surface area contributed by atoms with Gasteiger partial charge in [0.2, 0.25) is 5.91 Å². The highest BCUT2D eigenvalue weighted by Crippen LogP contribution is 2.23. The highest BCUT2D eigenvalue weighted by Gasteiger charge is 2.44. The minimum Gasteiger partial charge on any atom is -0.394 e. The summed E-state index contributed by atoms with van der Waals surface area (Å²) in [4.78, 5) is 12.7. The van der Waals surface area contributed by atoms with Gasteiger partial charge < -0.3 is 40.3 Å². The van der Waals surface area contributed by atoms with Crippen molar-refractivity contribution in [2.45, 2.75) is 179 Å². The van der Waals surface area contributed by atoms with Crippen molar-refractivity contribution in [2.24, 2.45) is 0 Å². The van der Waals surface area contributed by atoms with Crippen molar-refractivity contribution in [3.8, 4) is 0 Å². The van der Waals surface area contributed by atoms with Crippen molar-refractivity contribution in [2.75, 3.05) is 13.2 Å². The molecule has 0 aromatic heterocycles. The molecule has 1 fully saturated rings. The van der Waals surface area contributed by atoms with Gasteiger partial charge >= 0.3 is 0 Å². The van der Waals surface area contributed by atoms with Crippen molar-refractivity contribution in [1.29, 1.82) is 0 Å². The minimum absolute atomic E-state index is 0.134. The average Bonchev–Trinajstić information content (AvgIpc) is 2.95. The van der Waals surface area contributed by atoms with Crippen LogP contribution in [0.3, 0.4) is 0 Å². The molecule has 9 heteroatoms. The van der Waals surface area contributed by atoms with Gasteiger partial charge in [0.25, 0.3) is 0 Å². The molecule has 0 spiro atoms. The largest absolute Gasteiger partial charge is 0.394 e. The zero-order chi connectivity index (χ0) is 29.6. The Hall–Kier alpha value is -0.810. The first-order chi connectivity index (χ1) is 19.3. The maximum atomic E-state index is 12.7. The molecule has 9 nitrogen and oxygen atoms in total. The molecule has 40 heavy (non-hydrogen) atoms. The molecule has 1 amide bonds. The lowest BCUT2D eigenvalue weighted by molar-refractivity contribution is -0.302. The summed E-state index contributed by atoms with van der Waals surface area (Å²) in [7, 11) is 0. The lowest BCUT2D eigenvalue weighted by atomic mass is 9.99. The smallest absolute Gasteiger partial charge is 0.220 e. The van der Waals surface area contributed by atoms with Crippen LogP contribution in [0.15, 0.2) is 0 Å². The number of amides is 1. The van der Waals surface area contributed by atoms with Gasteiger partial charge in [0.1, 0.15) is 24.4 Å². The summed E-state index contributed by atoms with van der Waals surface area (Å²) < 4.78 is 11.1. The van der Waals surface area contributed by atoms with Gasteiger partial charge in [-0.1, -0.05) is 117 Å². The van der Waals surface area contributed by atoms with Crippen LogP contribution in [-0.2, 0) is 14.3 Å². The van der Waals surface area contributed by atoms with Crippen LogP contribution in [0.25, 0.3) is 0 Å². The Balaban J connectivity index is 2.52. The monoisotopic (exact) mass is 575 g/mol. The van der Waals surface area contributed by atoms with Gasteiger partial charge in [-0.25, -0.2) is 0 Å². The highest BCUT2D eigenvalue weighted by atomic mass is 16.7. The van der Waals surface area contributed by atoms with Gasteiger partial charge in [0, 0.05) is 6.42 Å². The molecule has 0 aromatic rings. The second-order valence-corrected chi connectivity index (χ2v) is 11.6. The number of rotatable bonds is 25. The number of nitrogens with one attached hydrogen (secondary N) is 1. The predicted octanol–water partition coefficient (Wildman–Crippen LogP) is 4.10. The van der Waals surface area contributed by atoms with Crippen molar-refractivity contribution in [1.82, 2.24) is 5.32 Å². The lowest BCUT2D eigenvalue weighted by Crippen LogP contribution is -2.60. The Labute approximate surface area is 243 Å². The standard InChI is InChI=1S/C31H61NO8/c1-3-5-7-9-11-13-14-16-18-20-25(34)24(32-27(35)21-19-17-15-12-10-8-6-4-2)23-39-31-30(38)29(37)28(36)26(22-33)40-31/h24-26,28-31,33-34,36-38H,3-23H2,1-2H3,(H,32,35)/t24-,25+,26+,28-,29?,30?,31+/m0/s1. The van der Waals surface area contributed by atoms with E-state index in [9.17, 15) is 30.3 Å². The van der Waals surface area contributed by atoms with E-state index in [1.807, 2.05) is 0 Å². The molecule has 0 saturated carbocycles. The number of hydrogen-bond donors (Lipinski definition) is 6. The van der Waals surface area contributed by atoms with E-state index in [1.165, 1.54) is 70.6 Å². The molecule has 2 unspecified atom stereocenters. The Morgan fingerprint density at radius 2 is 1.25 bits per heavy atom. The zero-order valence-electron chi connectivity index (χ0n) is 25.4. The van der Waals surface area contributed by atoms with Crippen LogP contribution in [0, 0.1) is 0 Å². The van der Waals surface area contributed by atoms with Crippen LogP contribution in [-0.4, -0.2) is 87.5 Å². The van der Waals surface area contributed by atoms with Crippen LogP contribution in [0.4, 0.5) is 0 Å². The Kier molecular flexibility index (Phi) is 22.1. The SMILES string of the molecule is CCCCCCCCCCC[C@@H](O)[C@H](CO[C@@H]1O[C@H](CO)[C@H](O)C(O)C1O)NC(=O)CCCCCCCCCC. The number of ether oxygens (including phenoxy) is 2. The summed E-state index contributed by atoms with van der Waals surface area (Å²) >= 11 is 0. The Morgan fingerprint density at radius 3 is 1.77 bits per heavy atom. The fourth-order valence-electron chi connectivity index (χ4n) is 5.22. The molecule has 7 atom stereocenters. The van der Waals surface area contributed by atoms with Gasteiger partial charge in [-0.15, -0.1) is 0 Å². The molecule has 238 valence electrons. The van der Waals surface area contributed by atoms with E-state index in [-0.39, 0.29) is 12.5 Å². The first kappa shape index (κ1) is 37.2. The maximum absolute atomic E-state index is 12.7.